The van der Waals surface area contributed by atoms with Crippen LogP contribution < -0.4 is 10.1 Å². The summed E-state index contributed by atoms with van der Waals surface area (Å²) in [7, 11) is 0. The van der Waals surface area contributed by atoms with Crippen LogP contribution in [0.25, 0.3) is 5.52 Å². The van der Waals surface area contributed by atoms with Crippen molar-refractivity contribution in [2.75, 3.05) is 11.9 Å². The number of anilines is 1. The molecule has 5 heteroatoms. The number of aromatic nitrogens is 3. The van der Waals surface area contributed by atoms with Crippen LogP contribution in [-0.2, 0) is 6.54 Å². The first-order chi connectivity index (χ1) is 10.3. The number of rotatable bonds is 5. The van der Waals surface area contributed by atoms with Crippen molar-refractivity contribution in [2.24, 2.45) is 0 Å². The fraction of sp³-hybridized carbons (Fsp3) is 0.250. The van der Waals surface area contributed by atoms with Gasteiger partial charge in [-0.15, -0.1) is 0 Å². The summed E-state index contributed by atoms with van der Waals surface area (Å²) in [5.41, 5.74) is 3.11. The summed E-state index contributed by atoms with van der Waals surface area (Å²) in [4.78, 5) is 4.39. The lowest BCUT2D eigenvalue weighted by molar-refractivity contribution is 0.340. The van der Waals surface area contributed by atoms with Gasteiger partial charge in [0.25, 0.3) is 0 Å². The standard InChI is InChI=1S/C16H18N4O/c1-3-21-14-6-4-5-13(10-14)11-18-16-15-9-12(2)19-20(15)8-7-17-16/h4-10H,3,11H2,1-2H3,(H,17,18). The summed E-state index contributed by atoms with van der Waals surface area (Å²) in [5.74, 6) is 1.73. The van der Waals surface area contributed by atoms with E-state index in [1.807, 2.05) is 48.8 Å². The average Bonchev–Trinajstić information content (AvgIpc) is 2.86. The van der Waals surface area contributed by atoms with Gasteiger partial charge in [0.15, 0.2) is 5.82 Å². The Morgan fingerprint density at radius 3 is 3.05 bits per heavy atom. The molecule has 1 N–H and O–H groups in total. The van der Waals surface area contributed by atoms with Crippen molar-refractivity contribution in [3.63, 3.8) is 0 Å². The van der Waals surface area contributed by atoms with E-state index < -0.39 is 0 Å². The molecular weight excluding hydrogens is 264 g/mol. The van der Waals surface area contributed by atoms with Gasteiger partial charge in [0.2, 0.25) is 0 Å². The van der Waals surface area contributed by atoms with E-state index in [1.54, 1.807) is 6.20 Å². The fourth-order valence-electron chi connectivity index (χ4n) is 2.28. The third kappa shape index (κ3) is 2.97. The third-order valence-corrected chi connectivity index (χ3v) is 3.18. The van der Waals surface area contributed by atoms with Gasteiger partial charge < -0.3 is 10.1 Å². The number of nitrogens with one attached hydrogen (secondary N) is 1. The highest BCUT2D eigenvalue weighted by Gasteiger charge is 2.05. The minimum Gasteiger partial charge on any atom is -0.494 e. The second-order valence-electron chi connectivity index (χ2n) is 4.83. The number of hydrogen-bond donors (Lipinski definition) is 1. The van der Waals surface area contributed by atoms with Gasteiger partial charge in [0, 0.05) is 18.9 Å². The monoisotopic (exact) mass is 282 g/mol. The number of ether oxygens (including phenoxy) is 1. The van der Waals surface area contributed by atoms with Crippen LogP contribution in [0.4, 0.5) is 5.82 Å². The van der Waals surface area contributed by atoms with Crippen LogP contribution >= 0.6 is 0 Å². The molecule has 0 spiro atoms. The van der Waals surface area contributed by atoms with Gasteiger partial charge >= 0.3 is 0 Å². The van der Waals surface area contributed by atoms with Gasteiger partial charge in [-0.2, -0.15) is 5.10 Å². The molecule has 0 bridgehead atoms. The molecule has 2 aromatic heterocycles. The molecule has 3 rings (SSSR count). The summed E-state index contributed by atoms with van der Waals surface area (Å²) in [5, 5.41) is 7.74. The summed E-state index contributed by atoms with van der Waals surface area (Å²) in [6.07, 6.45) is 3.60. The van der Waals surface area contributed by atoms with Gasteiger partial charge in [-0.1, -0.05) is 12.1 Å². The molecule has 0 aliphatic rings. The number of fused-ring (bicyclic) bond motifs is 1. The van der Waals surface area contributed by atoms with Gasteiger partial charge in [0.05, 0.1) is 12.3 Å². The van der Waals surface area contributed by atoms with E-state index in [1.165, 1.54) is 0 Å². The van der Waals surface area contributed by atoms with Crippen LogP contribution in [0.1, 0.15) is 18.2 Å². The molecule has 0 saturated carbocycles. The Labute approximate surface area is 123 Å². The summed E-state index contributed by atoms with van der Waals surface area (Å²) in [6, 6.07) is 10.1. The van der Waals surface area contributed by atoms with Crippen LogP contribution in [0.3, 0.4) is 0 Å². The topological polar surface area (TPSA) is 51.5 Å². The van der Waals surface area contributed by atoms with E-state index in [2.05, 4.69) is 21.5 Å². The maximum atomic E-state index is 5.51. The van der Waals surface area contributed by atoms with Crippen LogP contribution in [0.15, 0.2) is 42.7 Å². The molecule has 0 fully saturated rings. The Balaban J connectivity index is 1.78. The lowest BCUT2D eigenvalue weighted by Crippen LogP contribution is -2.03. The first-order valence-electron chi connectivity index (χ1n) is 7.03. The number of nitrogens with zero attached hydrogens (tertiary/aromatic N) is 3. The summed E-state index contributed by atoms with van der Waals surface area (Å²) in [6.45, 7) is 5.32. The SMILES string of the molecule is CCOc1cccc(CNc2nccn3nc(C)cc23)c1. The van der Waals surface area contributed by atoms with Crippen molar-refractivity contribution in [2.45, 2.75) is 20.4 Å². The van der Waals surface area contributed by atoms with E-state index in [4.69, 9.17) is 4.74 Å². The second kappa shape index (κ2) is 5.83. The largest absolute Gasteiger partial charge is 0.494 e. The molecule has 0 saturated heterocycles. The molecule has 5 nitrogen and oxygen atoms in total. The highest BCUT2D eigenvalue weighted by Crippen LogP contribution is 2.17. The smallest absolute Gasteiger partial charge is 0.152 e. The zero-order chi connectivity index (χ0) is 14.7. The van der Waals surface area contributed by atoms with E-state index in [0.717, 1.165) is 28.3 Å². The Morgan fingerprint density at radius 1 is 1.29 bits per heavy atom. The minimum absolute atomic E-state index is 0.673. The zero-order valence-electron chi connectivity index (χ0n) is 12.2. The van der Waals surface area contributed by atoms with Crippen molar-refractivity contribution >= 4 is 11.3 Å². The molecule has 0 amide bonds. The molecule has 0 aliphatic heterocycles. The van der Waals surface area contributed by atoms with Crippen LogP contribution in [-0.4, -0.2) is 21.2 Å². The maximum absolute atomic E-state index is 5.51. The fourth-order valence-corrected chi connectivity index (χ4v) is 2.28. The Morgan fingerprint density at radius 2 is 2.19 bits per heavy atom. The predicted octanol–water partition coefficient (Wildman–Crippen LogP) is 3.05. The van der Waals surface area contributed by atoms with Crippen LogP contribution in [0.5, 0.6) is 5.75 Å². The van der Waals surface area contributed by atoms with Gasteiger partial charge in [-0.05, 0) is 37.6 Å². The summed E-state index contributed by atoms with van der Waals surface area (Å²) >= 11 is 0. The molecule has 0 atom stereocenters. The zero-order valence-corrected chi connectivity index (χ0v) is 12.2. The van der Waals surface area contributed by atoms with Crippen LogP contribution in [0, 0.1) is 6.92 Å². The second-order valence-corrected chi connectivity index (χ2v) is 4.83. The maximum Gasteiger partial charge on any atom is 0.152 e. The third-order valence-electron chi connectivity index (χ3n) is 3.18. The molecule has 2 heterocycles. The molecule has 0 unspecified atom stereocenters. The molecule has 21 heavy (non-hydrogen) atoms. The molecular formula is C16H18N4O. The van der Waals surface area contributed by atoms with E-state index in [-0.39, 0.29) is 0 Å². The summed E-state index contributed by atoms with van der Waals surface area (Å²) < 4.78 is 7.35. The van der Waals surface area contributed by atoms with E-state index >= 15 is 0 Å². The Hall–Kier alpha value is -2.56. The number of aryl methyl sites for hydroxylation is 1. The van der Waals surface area contributed by atoms with Crippen molar-refractivity contribution in [1.29, 1.82) is 0 Å². The molecule has 108 valence electrons. The average molecular weight is 282 g/mol. The quantitative estimate of drug-likeness (QED) is 0.781. The van der Waals surface area contributed by atoms with Gasteiger partial charge in [-0.25, -0.2) is 9.50 Å². The van der Waals surface area contributed by atoms with E-state index in [9.17, 15) is 0 Å². The number of hydrogen-bond acceptors (Lipinski definition) is 4. The van der Waals surface area contributed by atoms with Crippen molar-refractivity contribution in [3.05, 3.63) is 54.0 Å². The van der Waals surface area contributed by atoms with Crippen molar-refractivity contribution in [1.82, 2.24) is 14.6 Å². The van der Waals surface area contributed by atoms with E-state index in [0.29, 0.717) is 13.2 Å². The van der Waals surface area contributed by atoms with Crippen LogP contribution in [0.2, 0.25) is 0 Å². The molecule has 0 radical (unpaired) electrons. The Kier molecular flexibility index (Phi) is 3.73. The highest BCUT2D eigenvalue weighted by atomic mass is 16.5. The molecule has 3 aromatic rings. The lowest BCUT2D eigenvalue weighted by Gasteiger charge is -2.09. The first-order valence-corrected chi connectivity index (χ1v) is 7.03. The lowest BCUT2D eigenvalue weighted by atomic mass is 10.2. The minimum atomic E-state index is 0.673. The predicted molar refractivity (Wildman–Crippen MR) is 82.7 cm³/mol. The number of benzene rings is 1. The first kappa shape index (κ1) is 13.4. The van der Waals surface area contributed by atoms with Crippen molar-refractivity contribution in [3.8, 4) is 5.75 Å². The normalized spacial score (nSPS) is 10.8. The van der Waals surface area contributed by atoms with Crippen molar-refractivity contribution < 1.29 is 4.74 Å². The van der Waals surface area contributed by atoms with Gasteiger partial charge in [-0.3, -0.25) is 0 Å². The molecule has 1 aromatic carbocycles. The highest BCUT2D eigenvalue weighted by molar-refractivity contribution is 5.67. The van der Waals surface area contributed by atoms with Gasteiger partial charge in [0.1, 0.15) is 11.3 Å². The molecule has 0 aliphatic carbocycles. The Bertz CT molecular complexity index is 751.